The van der Waals surface area contributed by atoms with Crippen molar-refractivity contribution in [3.63, 3.8) is 0 Å². The van der Waals surface area contributed by atoms with Gasteiger partial charge in [0.1, 0.15) is 4.88 Å². The predicted octanol–water partition coefficient (Wildman–Crippen LogP) is -0.0863. The standard InChI is InChI=1S/C6H8BBrN2OS/c1-2-9-5(11)3-4(7)10-6(8)12-3/h2,7H2,1H3,(H,9,11). The second-order valence-corrected chi connectivity index (χ2v) is 4.52. The first-order valence-electron chi connectivity index (χ1n) is 3.56. The molecule has 12 heavy (non-hydrogen) atoms. The number of halogens is 1. The number of carbonyl (C=O) groups excluding carboxylic acids is 1. The summed E-state index contributed by atoms with van der Waals surface area (Å²) >= 11 is 4.59. The maximum Gasteiger partial charge on any atom is 0.262 e. The molecule has 0 radical (unpaired) electrons. The van der Waals surface area contributed by atoms with Gasteiger partial charge in [0.05, 0.1) is 0 Å². The smallest absolute Gasteiger partial charge is 0.262 e. The number of thiazole rings is 1. The Hall–Kier alpha value is -0.355. The van der Waals surface area contributed by atoms with Crippen LogP contribution in [0.2, 0.25) is 0 Å². The Balaban J connectivity index is 2.87. The molecule has 0 aliphatic heterocycles. The summed E-state index contributed by atoms with van der Waals surface area (Å²) in [6.45, 7) is 2.54. The monoisotopic (exact) mass is 246 g/mol. The normalized spacial score (nSPS) is 9.83. The first-order valence-corrected chi connectivity index (χ1v) is 5.17. The number of rotatable bonds is 2. The maximum atomic E-state index is 11.3. The van der Waals surface area contributed by atoms with Gasteiger partial charge < -0.3 is 5.32 Å². The van der Waals surface area contributed by atoms with Crippen LogP contribution in [0, 0.1) is 0 Å². The molecule has 1 heterocycles. The highest BCUT2D eigenvalue weighted by molar-refractivity contribution is 9.11. The van der Waals surface area contributed by atoms with Gasteiger partial charge in [0.25, 0.3) is 5.91 Å². The average molecular weight is 247 g/mol. The number of hydrogen-bond acceptors (Lipinski definition) is 3. The van der Waals surface area contributed by atoms with Crippen LogP contribution in [0.4, 0.5) is 0 Å². The van der Waals surface area contributed by atoms with E-state index >= 15 is 0 Å². The van der Waals surface area contributed by atoms with Gasteiger partial charge in [-0.2, -0.15) is 0 Å². The Labute approximate surface area is 84.1 Å². The lowest BCUT2D eigenvalue weighted by Crippen LogP contribution is -2.27. The van der Waals surface area contributed by atoms with Crippen LogP contribution >= 0.6 is 27.3 Å². The fraction of sp³-hybridized carbons (Fsp3) is 0.333. The van der Waals surface area contributed by atoms with Crippen LogP contribution in [0.15, 0.2) is 3.92 Å². The lowest BCUT2D eigenvalue weighted by molar-refractivity contribution is 0.0961. The van der Waals surface area contributed by atoms with Gasteiger partial charge in [0, 0.05) is 12.1 Å². The van der Waals surface area contributed by atoms with Gasteiger partial charge in [-0.1, -0.05) is 0 Å². The van der Waals surface area contributed by atoms with E-state index in [4.69, 9.17) is 0 Å². The van der Waals surface area contributed by atoms with Gasteiger partial charge in [-0.25, -0.2) is 4.98 Å². The molecule has 0 unspecified atom stereocenters. The summed E-state index contributed by atoms with van der Waals surface area (Å²) in [4.78, 5) is 16.1. The van der Waals surface area contributed by atoms with Crippen LogP contribution in [-0.4, -0.2) is 25.3 Å². The predicted molar refractivity (Wildman–Crippen MR) is 56.0 cm³/mol. The Bertz CT molecular complexity index is 302. The van der Waals surface area contributed by atoms with Gasteiger partial charge in [-0.15, -0.1) is 11.3 Å². The van der Waals surface area contributed by atoms with E-state index in [2.05, 4.69) is 26.2 Å². The number of aromatic nitrogens is 1. The third-order valence-corrected chi connectivity index (χ3v) is 2.92. The van der Waals surface area contributed by atoms with Crippen molar-refractivity contribution in [2.75, 3.05) is 6.54 Å². The van der Waals surface area contributed by atoms with Gasteiger partial charge in [-0.05, 0) is 22.9 Å². The molecule has 0 aliphatic carbocycles. The first-order chi connectivity index (χ1) is 5.65. The molecule has 0 aromatic carbocycles. The lowest BCUT2D eigenvalue weighted by atomic mass is 10.0. The van der Waals surface area contributed by atoms with E-state index in [0.29, 0.717) is 11.4 Å². The van der Waals surface area contributed by atoms with Crippen LogP contribution in [0.1, 0.15) is 16.6 Å². The van der Waals surface area contributed by atoms with Crippen molar-refractivity contribution < 1.29 is 4.79 Å². The van der Waals surface area contributed by atoms with Crippen molar-refractivity contribution in [3.05, 3.63) is 8.79 Å². The van der Waals surface area contributed by atoms with Crippen molar-refractivity contribution in [3.8, 4) is 0 Å². The molecule has 0 saturated carbocycles. The maximum absolute atomic E-state index is 11.3. The van der Waals surface area contributed by atoms with Crippen LogP contribution < -0.4 is 10.9 Å². The summed E-state index contributed by atoms with van der Waals surface area (Å²) in [7, 11) is 1.83. The van der Waals surface area contributed by atoms with E-state index in [1.165, 1.54) is 11.3 Å². The Morgan fingerprint density at radius 3 is 2.92 bits per heavy atom. The zero-order chi connectivity index (χ0) is 9.14. The molecule has 0 aliphatic rings. The van der Waals surface area contributed by atoms with E-state index in [0.717, 1.165) is 9.51 Å². The van der Waals surface area contributed by atoms with Crippen molar-refractivity contribution in [1.29, 1.82) is 0 Å². The number of carbonyl (C=O) groups is 1. The van der Waals surface area contributed by atoms with E-state index in [1.807, 2.05) is 14.8 Å². The molecule has 1 amide bonds. The second-order valence-electron chi connectivity index (χ2n) is 2.24. The number of nitrogens with one attached hydrogen (secondary N) is 1. The number of hydrogen-bond donors (Lipinski definition) is 1. The molecule has 0 atom stereocenters. The molecule has 1 N–H and O–H groups in total. The second kappa shape index (κ2) is 4.05. The minimum atomic E-state index is -0.0433. The summed E-state index contributed by atoms with van der Waals surface area (Å²) in [6, 6.07) is 0. The molecular formula is C6H8BBrN2OS. The molecule has 64 valence electrons. The Kier molecular flexibility index (Phi) is 3.28. The molecule has 0 saturated heterocycles. The first kappa shape index (κ1) is 9.73. The molecule has 6 heteroatoms. The Morgan fingerprint density at radius 2 is 2.50 bits per heavy atom. The third-order valence-electron chi connectivity index (χ3n) is 1.31. The summed E-state index contributed by atoms with van der Waals surface area (Å²) in [5.74, 6) is -0.0433. The summed E-state index contributed by atoms with van der Waals surface area (Å²) < 4.78 is 0.751. The lowest BCUT2D eigenvalue weighted by Gasteiger charge is -1.97. The van der Waals surface area contributed by atoms with E-state index in [1.54, 1.807) is 0 Å². The molecule has 0 fully saturated rings. The molecule has 1 aromatic rings. The summed E-state index contributed by atoms with van der Waals surface area (Å²) in [6.07, 6.45) is 0. The highest BCUT2D eigenvalue weighted by Crippen LogP contribution is 2.15. The fourth-order valence-corrected chi connectivity index (χ4v) is 2.28. The zero-order valence-corrected chi connectivity index (χ0v) is 9.25. The van der Waals surface area contributed by atoms with Crippen molar-refractivity contribution in [2.45, 2.75) is 6.92 Å². The van der Waals surface area contributed by atoms with Crippen molar-refractivity contribution >= 4 is 46.6 Å². The van der Waals surface area contributed by atoms with Crippen molar-refractivity contribution in [2.24, 2.45) is 0 Å². The molecule has 0 bridgehead atoms. The minimum Gasteiger partial charge on any atom is -0.352 e. The van der Waals surface area contributed by atoms with Gasteiger partial charge >= 0.3 is 0 Å². The van der Waals surface area contributed by atoms with Crippen LogP contribution in [0.3, 0.4) is 0 Å². The van der Waals surface area contributed by atoms with Crippen LogP contribution in [-0.2, 0) is 0 Å². The SMILES string of the molecule is Bc1nc(Br)sc1C(=O)NCC. The van der Waals surface area contributed by atoms with Gasteiger partial charge in [-0.3, -0.25) is 4.79 Å². The highest BCUT2D eigenvalue weighted by atomic mass is 79.9. The molecule has 1 aromatic heterocycles. The van der Waals surface area contributed by atoms with E-state index in [-0.39, 0.29) is 5.91 Å². The largest absolute Gasteiger partial charge is 0.352 e. The van der Waals surface area contributed by atoms with Gasteiger partial charge in [0.15, 0.2) is 11.8 Å². The topological polar surface area (TPSA) is 42.0 Å². The molecule has 3 nitrogen and oxygen atoms in total. The number of amides is 1. The van der Waals surface area contributed by atoms with Crippen LogP contribution in [0.5, 0.6) is 0 Å². The molecular weight excluding hydrogens is 239 g/mol. The average Bonchev–Trinajstić information content (AvgIpc) is 2.30. The Morgan fingerprint density at radius 1 is 1.83 bits per heavy atom. The quantitative estimate of drug-likeness (QED) is 0.742. The minimum absolute atomic E-state index is 0.0433. The zero-order valence-electron chi connectivity index (χ0n) is 6.85. The van der Waals surface area contributed by atoms with E-state index < -0.39 is 0 Å². The number of nitrogens with zero attached hydrogens (tertiary/aromatic N) is 1. The van der Waals surface area contributed by atoms with Crippen molar-refractivity contribution in [1.82, 2.24) is 10.3 Å². The molecule has 1 rings (SSSR count). The molecule has 0 spiro atoms. The summed E-state index contributed by atoms with van der Waals surface area (Å²) in [5, 5.41) is 2.73. The van der Waals surface area contributed by atoms with Gasteiger partial charge in [0.2, 0.25) is 0 Å². The summed E-state index contributed by atoms with van der Waals surface area (Å²) in [5.41, 5.74) is 0.776. The van der Waals surface area contributed by atoms with Crippen LogP contribution in [0.25, 0.3) is 0 Å². The van der Waals surface area contributed by atoms with E-state index in [9.17, 15) is 4.79 Å². The third kappa shape index (κ3) is 2.07. The fourth-order valence-electron chi connectivity index (χ4n) is 0.815. The highest BCUT2D eigenvalue weighted by Gasteiger charge is 2.12.